The third-order valence-corrected chi connectivity index (χ3v) is 7.01. The van der Waals surface area contributed by atoms with Crippen LogP contribution in [0.4, 0.5) is 13.2 Å². The van der Waals surface area contributed by atoms with E-state index in [2.05, 4.69) is 28.8 Å². The van der Waals surface area contributed by atoms with Crippen molar-refractivity contribution in [3.8, 4) is 17.3 Å². The largest absolute Gasteiger partial charge is 0.472 e. The zero-order valence-electron chi connectivity index (χ0n) is 20.0. The van der Waals surface area contributed by atoms with Gasteiger partial charge in [0.25, 0.3) is 5.91 Å². The number of ether oxygens (including phenoxy) is 1. The summed E-state index contributed by atoms with van der Waals surface area (Å²) in [7, 11) is 0. The van der Waals surface area contributed by atoms with Crippen molar-refractivity contribution in [2.45, 2.75) is 57.5 Å². The van der Waals surface area contributed by atoms with Crippen molar-refractivity contribution in [2.75, 3.05) is 0 Å². The van der Waals surface area contributed by atoms with Crippen molar-refractivity contribution in [1.29, 1.82) is 0 Å². The smallest absolute Gasteiger partial charge is 0.417 e. The predicted octanol–water partition coefficient (Wildman–Crippen LogP) is 5.65. The Hall–Kier alpha value is -3.49. The number of hydrogen-bond acceptors (Lipinski definition) is 5. The molecule has 3 aromatic rings. The first-order chi connectivity index (χ1) is 17.2. The van der Waals surface area contributed by atoms with Crippen LogP contribution < -0.4 is 4.74 Å². The van der Waals surface area contributed by atoms with Crippen molar-refractivity contribution in [3.05, 3.63) is 72.2 Å². The molecule has 0 unspecified atom stereocenters. The maximum absolute atomic E-state index is 14.1. The van der Waals surface area contributed by atoms with Gasteiger partial charge in [-0.25, -0.2) is 15.0 Å². The monoisotopic (exact) mass is 496 g/mol. The Kier molecular flexibility index (Phi) is 6.40. The van der Waals surface area contributed by atoms with E-state index in [4.69, 9.17) is 4.74 Å². The Bertz CT molecular complexity index is 1220. The predicted molar refractivity (Wildman–Crippen MR) is 127 cm³/mol. The average Bonchev–Trinajstić information content (AvgIpc) is 3.42. The number of fused-ring (bicyclic) bond motifs is 2. The Morgan fingerprint density at radius 3 is 2.47 bits per heavy atom. The van der Waals surface area contributed by atoms with Crippen LogP contribution in [-0.4, -0.2) is 43.9 Å². The summed E-state index contributed by atoms with van der Waals surface area (Å²) in [5.41, 5.74) is 0.365. The summed E-state index contributed by atoms with van der Waals surface area (Å²) < 4.78 is 44.8. The van der Waals surface area contributed by atoms with Gasteiger partial charge in [-0.15, -0.1) is 0 Å². The molecule has 2 aliphatic rings. The number of piperidine rings is 1. The summed E-state index contributed by atoms with van der Waals surface area (Å²) in [4.78, 5) is 28.5. The lowest BCUT2D eigenvalue weighted by Crippen LogP contribution is -2.52. The zero-order chi connectivity index (χ0) is 25.4. The van der Waals surface area contributed by atoms with Gasteiger partial charge in [0.15, 0.2) is 5.82 Å². The Morgan fingerprint density at radius 1 is 1.06 bits per heavy atom. The van der Waals surface area contributed by atoms with Crippen LogP contribution in [0, 0.1) is 11.8 Å². The second-order valence-corrected chi connectivity index (χ2v) is 9.87. The Labute approximate surface area is 207 Å². The number of pyridine rings is 1. The van der Waals surface area contributed by atoms with E-state index in [-0.39, 0.29) is 35.9 Å². The lowest BCUT2D eigenvalue weighted by atomic mass is 9.89. The molecule has 2 fully saturated rings. The molecule has 4 atom stereocenters. The molecule has 9 heteroatoms. The number of halogens is 3. The van der Waals surface area contributed by atoms with E-state index in [0.717, 1.165) is 31.5 Å². The van der Waals surface area contributed by atoms with Gasteiger partial charge in [0.05, 0.1) is 17.2 Å². The second kappa shape index (κ2) is 9.52. The summed E-state index contributed by atoms with van der Waals surface area (Å²) in [6.45, 7) is 4.28. The maximum atomic E-state index is 14.1. The highest BCUT2D eigenvalue weighted by Gasteiger charge is 2.54. The molecule has 2 bridgehead atoms. The summed E-state index contributed by atoms with van der Waals surface area (Å²) in [5, 5.41) is 0. The maximum Gasteiger partial charge on any atom is 0.417 e. The van der Waals surface area contributed by atoms with Gasteiger partial charge < -0.3 is 9.64 Å². The van der Waals surface area contributed by atoms with Crippen molar-refractivity contribution in [1.82, 2.24) is 19.9 Å². The van der Waals surface area contributed by atoms with E-state index in [1.54, 1.807) is 24.5 Å². The molecule has 5 rings (SSSR count). The molecule has 0 radical (unpaired) electrons. The van der Waals surface area contributed by atoms with Gasteiger partial charge in [-0.2, -0.15) is 13.2 Å². The number of likely N-dealkylation sites (tertiary alicyclic amines) is 1. The van der Waals surface area contributed by atoms with Gasteiger partial charge in [-0.05, 0) is 49.3 Å². The number of alkyl halides is 3. The number of amides is 1. The fourth-order valence-corrected chi connectivity index (χ4v) is 5.53. The normalized spacial score (nSPS) is 23.3. The van der Waals surface area contributed by atoms with Gasteiger partial charge >= 0.3 is 6.18 Å². The lowest BCUT2D eigenvalue weighted by Gasteiger charge is -2.40. The fraction of sp³-hybridized carbons (Fsp3) is 0.407. The van der Waals surface area contributed by atoms with Crippen LogP contribution in [-0.2, 0) is 6.18 Å². The van der Waals surface area contributed by atoms with E-state index >= 15 is 0 Å². The molecule has 188 valence electrons. The zero-order valence-corrected chi connectivity index (χ0v) is 20.0. The van der Waals surface area contributed by atoms with E-state index in [1.165, 1.54) is 6.07 Å². The summed E-state index contributed by atoms with van der Waals surface area (Å²) in [6, 6.07) is 11.1. The van der Waals surface area contributed by atoms with Gasteiger partial charge in [0.1, 0.15) is 6.10 Å². The average molecular weight is 497 g/mol. The first kappa shape index (κ1) is 24.2. The molecule has 3 heterocycles. The molecular formula is C27H27F3N4O2. The molecule has 36 heavy (non-hydrogen) atoms. The lowest BCUT2D eigenvalue weighted by molar-refractivity contribution is -0.137. The second-order valence-electron chi connectivity index (χ2n) is 9.87. The molecule has 0 spiro atoms. The minimum absolute atomic E-state index is 0.0627. The number of aromatic nitrogens is 3. The Morgan fingerprint density at radius 2 is 1.81 bits per heavy atom. The number of nitrogens with zero attached hydrogens (tertiary/aromatic N) is 4. The molecule has 1 saturated carbocycles. The van der Waals surface area contributed by atoms with Gasteiger partial charge in [0, 0.05) is 36.3 Å². The summed E-state index contributed by atoms with van der Waals surface area (Å²) in [6.07, 6.45) is 1.66. The van der Waals surface area contributed by atoms with Crippen LogP contribution in [0.2, 0.25) is 0 Å². The van der Waals surface area contributed by atoms with E-state index in [1.807, 2.05) is 23.1 Å². The number of benzene rings is 1. The van der Waals surface area contributed by atoms with E-state index in [9.17, 15) is 18.0 Å². The highest BCUT2D eigenvalue weighted by molar-refractivity contribution is 6.00. The van der Waals surface area contributed by atoms with Crippen molar-refractivity contribution >= 4 is 5.91 Å². The van der Waals surface area contributed by atoms with Gasteiger partial charge in [-0.3, -0.25) is 4.79 Å². The topological polar surface area (TPSA) is 68.2 Å². The van der Waals surface area contributed by atoms with Crippen molar-refractivity contribution in [3.63, 3.8) is 0 Å². The summed E-state index contributed by atoms with van der Waals surface area (Å²) >= 11 is 0. The van der Waals surface area contributed by atoms with Crippen LogP contribution in [0.15, 0.2) is 61.1 Å². The summed E-state index contributed by atoms with van der Waals surface area (Å²) in [5.74, 6) is 1.15. The minimum Gasteiger partial charge on any atom is -0.472 e. The third-order valence-electron chi connectivity index (χ3n) is 7.01. The van der Waals surface area contributed by atoms with Crippen LogP contribution in [0.25, 0.3) is 11.4 Å². The molecule has 1 amide bonds. The van der Waals surface area contributed by atoms with E-state index < -0.39 is 11.7 Å². The van der Waals surface area contributed by atoms with Crippen molar-refractivity contribution in [2.24, 2.45) is 11.8 Å². The standard InChI is InChI=1S/C27H27F3N4O2/c1-16(2)12-21-17-13-22(23(14-17)36-24-9-8-18(15-33-24)27(28,29)30)34(21)26(35)20-7-4-3-6-19(20)25-31-10-5-11-32-25/h3-11,15-17,21-23H,12-14H2,1-2H3/t17-,21-,22+,23-/m1/s1. The molecule has 1 aliphatic carbocycles. The fourth-order valence-electron chi connectivity index (χ4n) is 5.53. The Balaban J connectivity index is 1.43. The molecule has 6 nitrogen and oxygen atoms in total. The highest BCUT2D eigenvalue weighted by atomic mass is 19.4. The first-order valence-corrected chi connectivity index (χ1v) is 12.1. The highest BCUT2D eigenvalue weighted by Crippen LogP contribution is 2.47. The number of rotatable bonds is 6. The number of hydrogen-bond donors (Lipinski definition) is 0. The number of carbonyl (C=O) groups excluding carboxylic acids is 1. The van der Waals surface area contributed by atoms with Crippen molar-refractivity contribution < 1.29 is 22.7 Å². The van der Waals surface area contributed by atoms with Crippen LogP contribution in [0.3, 0.4) is 0 Å². The minimum atomic E-state index is -4.46. The van der Waals surface area contributed by atoms with Gasteiger partial charge in [0.2, 0.25) is 5.88 Å². The van der Waals surface area contributed by atoms with Crippen LogP contribution in [0.1, 0.15) is 49.0 Å². The van der Waals surface area contributed by atoms with Crippen LogP contribution in [0.5, 0.6) is 5.88 Å². The van der Waals surface area contributed by atoms with Gasteiger partial charge in [-0.1, -0.05) is 32.0 Å². The quantitative estimate of drug-likeness (QED) is 0.441. The van der Waals surface area contributed by atoms with E-state index in [0.29, 0.717) is 22.9 Å². The van der Waals surface area contributed by atoms with Crippen LogP contribution >= 0.6 is 0 Å². The molecule has 1 aliphatic heterocycles. The molecule has 1 aromatic carbocycles. The molecular weight excluding hydrogens is 469 g/mol. The SMILES string of the molecule is CC(C)C[C@@H]1[C@H]2C[C@@H](Oc3ccc(C(F)(F)F)cn3)[C@H](C2)N1C(=O)c1ccccc1-c1ncccn1. The number of carbonyl (C=O) groups is 1. The third kappa shape index (κ3) is 4.66. The molecule has 1 saturated heterocycles. The molecule has 2 aromatic heterocycles. The molecule has 0 N–H and O–H groups in total. The first-order valence-electron chi connectivity index (χ1n) is 12.1.